The zero-order valence-electron chi connectivity index (χ0n) is 15.7. The summed E-state index contributed by atoms with van der Waals surface area (Å²) in [6.07, 6.45) is 8.05. The average molecular weight is 380 g/mol. The van der Waals surface area contributed by atoms with Gasteiger partial charge >= 0.3 is 5.97 Å². The van der Waals surface area contributed by atoms with Gasteiger partial charge in [-0.3, -0.25) is 4.79 Å². The standard InChI is InChI=1S/C23H25NO2S/c1-2-26-23(25)8-7-19-15-21-20(16-9-11-24-12-10-16)13-17-5-3-4-6-18(17)14-22(21)27-19/h3-6,13-15,24H,2,7-12H2,1H3. The smallest absolute Gasteiger partial charge is 0.306 e. The highest BCUT2D eigenvalue weighted by molar-refractivity contribution is 7.13. The molecule has 0 atom stereocenters. The molecule has 1 aromatic heterocycles. The number of carbonyl (C=O) groups is 1. The van der Waals surface area contributed by atoms with Gasteiger partial charge in [0.25, 0.3) is 0 Å². The number of aryl methyl sites for hydroxylation is 1. The lowest BCUT2D eigenvalue weighted by Gasteiger charge is -2.18. The van der Waals surface area contributed by atoms with Gasteiger partial charge in [-0.1, -0.05) is 29.8 Å². The number of piperidine rings is 1. The van der Waals surface area contributed by atoms with Crippen LogP contribution < -0.4 is 15.8 Å². The Morgan fingerprint density at radius 1 is 1.15 bits per heavy atom. The first-order chi connectivity index (χ1) is 13.2. The second-order valence-electron chi connectivity index (χ2n) is 6.98. The first kappa shape index (κ1) is 18.2. The molecule has 4 heteroatoms. The molecule has 1 fully saturated rings. The van der Waals surface area contributed by atoms with Gasteiger partial charge in [-0.15, -0.1) is 11.3 Å². The number of hydrogen-bond donors (Lipinski definition) is 1. The van der Waals surface area contributed by atoms with E-state index >= 15 is 0 Å². The normalized spacial score (nSPS) is 15.9. The fraction of sp³-hybridized carbons (Fsp3) is 0.348. The fourth-order valence-corrected chi connectivity index (χ4v) is 4.92. The van der Waals surface area contributed by atoms with E-state index < -0.39 is 0 Å². The van der Waals surface area contributed by atoms with Gasteiger partial charge in [0.05, 0.1) is 13.0 Å². The van der Waals surface area contributed by atoms with Crippen molar-refractivity contribution in [2.75, 3.05) is 19.7 Å². The Balaban J connectivity index is 1.76. The molecule has 3 nitrogen and oxygen atoms in total. The maximum absolute atomic E-state index is 11.7. The summed E-state index contributed by atoms with van der Waals surface area (Å²) in [6.45, 7) is 4.40. The third-order valence-corrected chi connectivity index (χ3v) is 6.30. The largest absolute Gasteiger partial charge is 0.466 e. The molecule has 27 heavy (non-hydrogen) atoms. The Hall–Kier alpha value is -2.17. The van der Waals surface area contributed by atoms with Crippen molar-refractivity contribution in [1.82, 2.24) is 5.32 Å². The number of ether oxygens (including phenoxy) is 1. The molecule has 1 aromatic carbocycles. The fourth-order valence-electron chi connectivity index (χ4n) is 3.80. The predicted molar refractivity (Wildman–Crippen MR) is 112 cm³/mol. The van der Waals surface area contributed by atoms with Crippen LogP contribution in [0.15, 0.2) is 35.9 Å². The van der Waals surface area contributed by atoms with Crippen LogP contribution in [0.3, 0.4) is 0 Å². The minimum Gasteiger partial charge on any atom is -0.466 e. The van der Waals surface area contributed by atoms with Crippen LogP contribution in [-0.4, -0.2) is 25.7 Å². The number of esters is 1. The lowest BCUT2D eigenvalue weighted by atomic mass is 9.93. The first-order valence-electron chi connectivity index (χ1n) is 9.74. The zero-order chi connectivity index (χ0) is 18.6. The van der Waals surface area contributed by atoms with Crippen LogP contribution in [0.25, 0.3) is 17.7 Å². The molecule has 1 aliphatic heterocycles. The summed E-state index contributed by atoms with van der Waals surface area (Å²) < 4.78 is 5.08. The van der Waals surface area contributed by atoms with Crippen LogP contribution in [0, 0.1) is 0 Å². The molecule has 0 amide bonds. The second-order valence-corrected chi connectivity index (χ2v) is 8.15. The summed E-state index contributed by atoms with van der Waals surface area (Å²) in [5, 5.41) is 6.01. The van der Waals surface area contributed by atoms with Crippen LogP contribution in [0.4, 0.5) is 0 Å². The van der Waals surface area contributed by atoms with Crippen molar-refractivity contribution in [1.29, 1.82) is 0 Å². The molecular formula is C23H25NO2S. The van der Waals surface area contributed by atoms with Gasteiger partial charge in [0.15, 0.2) is 0 Å². The summed E-state index contributed by atoms with van der Waals surface area (Å²) in [5.41, 5.74) is 4.24. The van der Waals surface area contributed by atoms with Crippen molar-refractivity contribution in [3.63, 3.8) is 0 Å². The minimum absolute atomic E-state index is 0.112. The van der Waals surface area contributed by atoms with Crippen LogP contribution in [-0.2, 0) is 16.0 Å². The monoisotopic (exact) mass is 379 g/mol. The van der Waals surface area contributed by atoms with Crippen LogP contribution in [0.1, 0.15) is 41.5 Å². The van der Waals surface area contributed by atoms with E-state index in [9.17, 15) is 4.79 Å². The van der Waals surface area contributed by atoms with E-state index in [-0.39, 0.29) is 5.97 Å². The Morgan fingerprint density at radius 3 is 2.63 bits per heavy atom. The molecule has 4 rings (SSSR count). The van der Waals surface area contributed by atoms with Gasteiger partial charge < -0.3 is 10.1 Å². The molecule has 1 saturated heterocycles. The Labute approximate surface area is 164 Å². The third-order valence-electron chi connectivity index (χ3n) is 5.15. The molecule has 0 spiro atoms. The average Bonchev–Trinajstić information content (AvgIpc) is 3.02. The first-order valence-corrected chi connectivity index (χ1v) is 10.6. The molecule has 2 heterocycles. The molecule has 0 unspecified atom stereocenters. The van der Waals surface area contributed by atoms with E-state index in [1.54, 1.807) is 11.3 Å². The minimum atomic E-state index is -0.112. The van der Waals surface area contributed by atoms with Gasteiger partial charge in [-0.25, -0.2) is 0 Å². The number of carbonyl (C=O) groups excluding carboxylic acids is 1. The number of thiophene rings is 1. The molecule has 0 radical (unpaired) electrons. The topological polar surface area (TPSA) is 38.3 Å². The summed E-state index contributed by atoms with van der Waals surface area (Å²) in [4.78, 5) is 14.3. The van der Waals surface area contributed by atoms with Gasteiger partial charge in [-0.2, -0.15) is 0 Å². The van der Waals surface area contributed by atoms with E-state index in [1.807, 2.05) is 6.92 Å². The molecule has 0 saturated carbocycles. The quantitative estimate of drug-likeness (QED) is 0.830. The van der Waals surface area contributed by atoms with E-state index in [1.165, 1.54) is 36.9 Å². The summed E-state index contributed by atoms with van der Waals surface area (Å²) in [5.74, 6) is -0.112. The van der Waals surface area contributed by atoms with E-state index in [2.05, 4.69) is 47.8 Å². The highest BCUT2D eigenvalue weighted by Gasteiger charge is 2.18. The molecule has 1 aliphatic carbocycles. The maximum Gasteiger partial charge on any atom is 0.306 e. The summed E-state index contributed by atoms with van der Waals surface area (Å²) in [7, 11) is 0. The zero-order valence-corrected chi connectivity index (χ0v) is 16.5. The van der Waals surface area contributed by atoms with Gasteiger partial charge in [0.2, 0.25) is 0 Å². The lowest BCUT2D eigenvalue weighted by molar-refractivity contribution is -0.143. The van der Waals surface area contributed by atoms with E-state index in [4.69, 9.17) is 4.74 Å². The summed E-state index contributed by atoms with van der Waals surface area (Å²) in [6, 6.07) is 10.9. The van der Waals surface area contributed by atoms with E-state index in [0.29, 0.717) is 13.0 Å². The Bertz CT molecular complexity index is 992. The second kappa shape index (κ2) is 8.24. The third kappa shape index (κ3) is 4.07. The number of allylic oxidation sites excluding steroid dienone is 1. The SMILES string of the molecule is CCOC(=O)CCc1cc2c(s1)C=c1ccccc1=CC2=C1CCNCC1. The van der Waals surface area contributed by atoms with Crippen molar-refractivity contribution in [2.45, 2.75) is 32.6 Å². The number of fused-ring (bicyclic) bond motifs is 2. The van der Waals surface area contributed by atoms with Gasteiger partial charge in [-0.05, 0) is 79.1 Å². The van der Waals surface area contributed by atoms with Crippen molar-refractivity contribution in [3.8, 4) is 0 Å². The molecule has 1 N–H and O–H groups in total. The van der Waals surface area contributed by atoms with Gasteiger partial charge in [0.1, 0.15) is 0 Å². The van der Waals surface area contributed by atoms with Crippen molar-refractivity contribution < 1.29 is 9.53 Å². The van der Waals surface area contributed by atoms with Crippen LogP contribution in [0.5, 0.6) is 0 Å². The summed E-state index contributed by atoms with van der Waals surface area (Å²) >= 11 is 1.81. The number of hydrogen-bond acceptors (Lipinski definition) is 4. The Morgan fingerprint density at radius 2 is 1.89 bits per heavy atom. The maximum atomic E-state index is 11.7. The Kier molecular flexibility index (Phi) is 5.55. The number of benzene rings is 1. The lowest BCUT2D eigenvalue weighted by Crippen LogP contribution is -2.24. The molecule has 2 aliphatic rings. The van der Waals surface area contributed by atoms with Crippen LogP contribution >= 0.6 is 11.3 Å². The molecule has 2 aromatic rings. The van der Waals surface area contributed by atoms with Crippen molar-refractivity contribution in [3.05, 3.63) is 61.7 Å². The molecule has 140 valence electrons. The number of rotatable bonds is 4. The van der Waals surface area contributed by atoms with E-state index in [0.717, 1.165) is 32.4 Å². The van der Waals surface area contributed by atoms with Crippen molar-refractivity contribution >= 4 is 35.0 Å². The van der Waals surface area contributed by atoms with Gasteiger partial charge in [0, 0.05) is 9.75 Å². The number of nitrogens with one attached hydrogen (secondary N) is 1. The highest BCUT2D eigenvalue weighted by Crippen LogP contribution is 2.35. The van der Waals surface area contributed by atoms with Crippen molar-refractivity contribution in [2.24, 2.45) is 0 Å². The molecule has 0 bridgehead atoms. The highest BCUT2D eigenvalue weighted by atomic mass is 32.1. The molecular weight excluding hydrogens is 354 g/mol. The predicted octanol–water partition coefficient (Wildman–Crippen LogP) is 3.00. The van der Waals surface area contributed by atoms with Crippen LogP contribution in [0.2, 0.25) is 0 Å².